The Morgan fingerprint density at radius 3 is 2.58 bits per heavy atom. The lowest BCUT2D eigenvalue weighted by Crippen LogP contribution is -2.02. The molecule has 1 fully saturated rings. The van der Waals surface area contributed by atoms with Gasteiger partial charge in [-0.2, -0.15) is 0 Å². The molecule has 0 saturated carbocycles. The van der Waals surface area contributed by atoms with E-state index in [0.29, 0.717) is 10.9 Å². The quantitative estimate of drug-likeness (QED) is 0.581. The van der Waals surface area contributed by atoms with Gasteiger partial charge in [0.1, 0.15) is 11.5 Å². The van der Waals surface area contributed by atoms with Crippen LogP contribution >= 0.6 is 0 Å². The standard InChI is InChI=1S/C11H15S/c1-12-8-7-11(9-12)10-5-3-2-4-6-10/h2-6,11H,7-9H2,1H3/q+1. The second-order valence-corrected chi connectivity index (χ2v) is 5.85. The van der Waals surface area contributed by atoms with Crippen molar-refractivity contribution in [3.63, 3.8) is 0 Å². The molecule has 1 heteroatoms. The van der Waals surface area contributed by atoms with Crippen LogP contribution in [-0.4, -0.2) is 17.8 Å². The van der Waals surface area contributed by atoms with Crippen LogP contribution in [0.2, 0.25) is 0 Å². The predicted molar refractivity (Wildman–Crippen MR) is 56.8 cm³/mol. The lowest BCUT2D eigenvalue weighted by atomic mass is 9.99. The molecule has 2 rings (SSSR count). The van der Waals surface area contributed by atoms with Gasteiger partial charge in [0.25, 0.3) is 0 Å². The average molecular weight is 179 g/mol. The minimum Gasteiger partial charge on any atom is -0.0622 e. The van der Waals surface area contributed by atoms with Crippen LogP contribution in [0.15, 0.2) is 30.3 Å². The first-order valence-electron chi connectivity index (χ1n) is 4.50. The number of benzene rings is 1. The summed E-state index contributed by atoms with van der Waals surface area (Å²) in [4.78, 5) is 0. The fraction of sp³-hybridized carbons (Fsp3) is 0.455. The molecular weight excluding hydrogens is 164 g/mol. The van der Waals surface area contributed by atoms with E-state index in [1.807, 2.05) is 0 Å². The van der Waals surface area contributed by atoms with E-state index in [-0.39, 0.29) is 0 Å². The third kappa shape index (κ3) is 1.66. The van der Waals surface area contributed by atoms with Crippen LogP contribution in [0, 0.1) is 0 Å². The fourth-order valence-electron chi connectivity index (χ4n) is 1.84. The number of hydrogen-bond acceptors (Lipinski definition) is 0. The molecule has 1 aromatic carbocycles. The van der Waals surface area contributed by atoms with E-state index < -0.39 is 0 Å². The van der Waals surface area contributed by atoms with E-state index >= 15 is 0 Å². The minimum atomic E-state index is 0.697. The van der Waals surface area contributed by atoms with Crippen molar-refractivity contribution in [3.05, 3.63) is 35.9 Å². The van der Waals surface area contributed by atoms with Gasteiger partial charge in [0.2, 0.25) is 0 Å². The highest BCUT2D eigenvalue weighted by molar-refractivity contribution is 7.96. The van der Waals surface area contributed by atoms with E-state index in [2.05, 4.69) is 36.6 Å². The zero-order valence-corrected chi connectivity index (χ0v) is 8.31. The highest BCUT2D eigenvalue weighted by Crippen LogP contribution is 2.28. The summed E-state index contributed by atoms with van der Waals surface area (Å²) in [6.45, 7) is 0. The van der Waals surface area contributed by atoms with Gasteiger partial charge in [0.05, 0.1) is 6.26 Å². The lowest BCUT2D eigenvalue weighted by Gasteiger charge is -2.04. The van der Waals surface area contributed by atoms with Crippen LogP contribution in [0.4, 0.5) is 0 Å². The van der Waals surface area contributed by atoms with Gasteiger partial charge in [-0.1, -0.05) is 30.3 Å². The van der Waals surface area contributed by atoms with Crippen LogP contribution in [0.5, 0.6) is 0 Å². The van der Waals surface area contributed by atoms with Gasteiger partial charge in [0.15, 0.2) is 0 Å². The summed E-state index contributed by atoms with van der Waals surface area (Å²) in [5.41, 5.74) is 1.55. The van der Waals surface area contributed by atoms with E-state index in [9.17, 15) is 0 Å². The molecule has 0 aromatic heterocycles. The second-order valence-electron chi connectivity index (χ2n) is 3.55. The van der Waals surface area contributed by atoms with Gasteiger partial charge in [-0.25, -0.2) is 0 Å². The van der Waals surface area contributed by atoms with Crippen molar-refractivity contribution < 1.29 is 0 Å². The third-order valence-corrected chi connectivity index (χ3v) is 4.48. The summed E-state index contributed by atoms with van der Waals surface area (Å²) in [5.74, 6) is 3.73. The first-order valence-corrected chi connectivity index (χ1v) is 6.47. The molecule has 1 aliphatic rings. The monoisotopic (exact) mass is 179 g/mol. The molecule has 0 amide bonds. The van der Waals surface area contributed by atoms with Crippen molar-refractivity contribution in [3.8, 4) is 0 Å². The Hall–Kier alpha value is -0.430. The zero-order valence-electron chi connectivity index (χ0n) is 7.49. The Labute approximate surface area is 77.3 Å². The molecule has 0 spiro atoms. The first kappa shape index (κ1) is 8.18. The molecular formula is C11H15S+. The molecule has 1 aromatic rings. The second kappa shape index (κ2) is 3.53. The molecule has 2 atom stereocenters. The predicted octanol–water partition coefficient (Wildman–Crippen LogP) is 2.42. The van der Waals surface area contributed by atoms with Crippen molar-refractivity contribution >= 4 is 10.9 Å². The van der Waals surface area contributed by atoms with Crippen molar-refractivity contribution in [2.75, 3.05) is 17.8 Å². The Morgan fingerprint density at radius 1 is 1.25 bits per heavy atom. The number of hydrogen-bond donors (Lipinski definition) is 0. The van der Waals surface area contributed by atoms with E-state index in [4.69, 9.17) is 0 Å². The molecule has 12 heavy (non-hydrogen) atoms. The maximum Gasteiger partial charge on any atom is 0.114 e. The molecule has 1 aliphatic heterocycles. The average Bonchev–Trinajstić information content (AvgIpc) is 2.54. The normalized spacial score (nSPS) is 29.1. The summed E-state index contributed by atoms with van der Waals surface area (Å²) < 4.78 is 0. The maximum atomic E-state index is 2.39. The van der Waals surface area contributed by atoms with E-state index in [1.165, 1.54) is 17.9 Å². The molecule has 0 radical (unpaired) electrons. The molecule has 64 valence electrons. The molecule has 0 aliphatic carbocycles. The fourth-order valence-corrected chi connectivity index (χ4v) is 3.74. The van der Waals surface area contributed by atoms with Crippen LogP contribution < -0.4 is 0 Å². The molecule has 1 heterocycles. The Balaban J connectivity index is 2.11. The number of rotatable bonds is 1. The summed E-state index contributed by atoms with van der Waals surface area (Å²) in [6.07, 6.45) is 3.80. The Kier molecular flexibility index (Phi) is 2.40. The summed E-state index contributed by atoms with van der Waals surface area (Å²) >= 11 is 0. The van der Waals surface area contributed by atoms with Crippen LogP contribution in [-0.2, 0) is 10.9 Å². The van der Waals surface area contributed by atoms with Gasteiger partial charge in [0, 0.05) is 12.3 Å². The van der Waals surface area contributed by atoms with Gasteiger partial charge < -0.3 is 0 Å². The highest BCUT2D eigenvalue weighted by Gasteiger charge is 2.29. The first-order chi connectivity index (χ1) is 5.86. The van der Waals surface area contributed by atoms with Crippen molar-refractivity contribution in [1.82, 2.24) is 0 Å². The van der Waals surface area contributed by atoms with Crippen LogP contribution in [0.25, 0.3) is 0 Å². The minimum absolute atomic E-state index is 0.697. The van der Waals surface area contributed by atoms with E-state index in [0.717, 1.165) is 5.92 Å². The summed E-state index contributed by atoms with van der Waals surface area (Å²) in [6, 6.07) is 11.0. The largest absolute Gasteiger partial charge is 0.114 e. The zero-order chi connectivity index (χ0) is 8.39. The van der Waals surface area contributed by atoms with Crippen molar-refractivity contribution in [2.24, 2.45) is 0 Å². The molecule has 1 saturated heterocycles. The van der Waals surface area contributed by atoms with Crippen LogP contribution in [0.3, 0.4) is 0 Å². The molecule has 0 bridgehead atoms. The topological polar surface area (TPSA) is 0 Å². The molecule has 0 N–H and O–H groups in total. The van der Waals surface area contributed by atoms with Gasteiger partial charge in [-0.3, -0.25) is 0 Å². The van der Waals surface area contributed by atoms with Crippen molar-refractivity contribution in [1.29, 1.82) is 0 Å². The Morgan fingerprint density at radius 2 is 2.00 bits per heavy atom. The molecule has 0 nitrogen and oxygen atoms in total. The van der Waals surface area contributed by atoms with Crippen molar-refractivity contribution in [2.45, 2.75) is 12.3 Å². The maximum absolute atomic E-state index is 2.39. The summed E-state index contributed by atoms with van der Waals surface area (Å²) in [5, 5.41) is 0. The smallest absolute Gasteiger partial charge is 0.0622 e. The molecule has 2 unspecified atom stereocenters. The SMILES string of the molecule is C[S+]1CCC(c2ccccc2)C1. The Bertz CT molecular complexity index is 242. The highest BCUT2D eigenvalue weighted by atomic mass is 32.2. The van der Waals surface area contributed by atoms with Crippen LogP contribution in [0.1, 0.15) is 17.9 Å². The van der Waals surface area contributed by atoms with Gasteiger partial charge >= 0.3 is 0 Å². The summed E-state index contributed by atoms with van der Waals surface area (Å²) in [7, 11) is 0.697. The lowest BCUT2D eigenvalue weighted by molar-refractivity contribution is 0.782. The van der Waals surface area contributed by atoms with Gasteiger partial charge in [-0.15, -0.1) is 0 Å². The van der Waals surface area contributed by atoms with E-state index in [1.54, 1.807) is 5.56 Å². The third-order valence-electron chi connectivity index (χ3n) is 2.57. The van der Waals surface area contributed by atoms with Gasteiger partial charge in [-0.05, 0) is 16.5 Å².